The summed E-state index contributed by atoms with van der Waals surface area (Å²) >= 11 is 6.10. The quantitative estimate of drug-likeness (QED) is 0.262. The fraction of sp³-hybridized carbons (Fsp3) is 0.735. The van der Waals surface area contributed by atoms with E-state index in [1.54, 1.807) is 23.8 Å². The number of carbonyl (C=O) groups excluding carboxylic acids is 1. The Balaban J connectivity index is 1.25. The van der Waals surface area contributed by atoms with Crippen LogP contribution in [0.15, 0.2) is 35.9 Å². The van der Waals surface area contributed by atoms with Gasteiger partial charge in [-0.2, -0.15) is 0 Å². The minimum atomic E-state index is -0.238. The van der Waals surface area contributed by atoms with E-state index in [0.29, 0.717) is 16.0 Å². The zero-order valence-electron chi connectivity index (χ0n) is 23.9. The average molecular weight is 525 g/mol. The number of esters is 1. The van der Waals surface area contributed by atoms with Gasteiger partial charge in [0.25, 0.3) is 0 Å². The molecule has 3 heteroatoms. The summed E-state index contributed by atoms with van der Waals surface area (Å²) in [6, 6.07) is 7.12. The van der Waals surface area contributed by atoms with Crippen molar-refractivity contribution in [2.75, 3.05) is 0 Å². The lowest BCUT2D eigenvalue weighted by Gasteiger charge is -2.58. The van der Waals surface area contributed by atoms with E-state index in [1.807, 2.05) is 6.07 Å². The van der Waals surface area contributed by atoms with Crippen LogP contribution in [0.2, 0.25) is 5.02 Å². The topological polar surface area (TPSA) is 26.3 Å². The van der Waals surface area contributed by atoms with E-state index in [1.165, 1.54) is 51.4 Å². The number of rotatable bonds is 7. The van der Waals surface area contributed by atoms with Crippen LogP contribution in [0.1, 0.15) is 116 Å². The Hall–Kier alpha value is -1.28. The maximum Gasteiger partial charge on any atom is 0.338 e. The second-order valence-electron chi connectivity index (χ2n) is 14.1. The molecule has 0 saturated heterocycles. The molecule has 2 nitrogen and oxygen atoms in total. The lowest BCUT2D eigenvalue weighted by Crippen LogP contribution is -2.51. The van der Waals surface area contributed by atoms with Gasteiger partial charge in [-0.15, -0.1) is 0 Å². The molecule has 4 aliphatic carbocycles. The van der Waals surface area contributed by atoms with Crippen molar-refractivity contribution in [3.63, 3.8) is 0 Å². The van der Waals surface area contributed by atoms with Gasteiger partial charge in [-0.3, -0.25) is 0 Å². The Bertz CT molecular complexity index is 1010. The molecule has 3 saturated carbocycles. The number of ether oxygens (including phenoxy) is 1. The first-order valence-electron chi connectivity index (χ1n) is 15.3. The summed E-state index contributed by atoms with van der Waals surface area (Å²) in [7, 11) is 0. The number of allylic oxidation sites excluding steroid dienone is 1. The van der Waals surface area contributed by atoms with Crippen molar-refractivity contribution >= 4 is 17.6 Å². The molecule has 3 fully saturated rings. The molecule has 0 aromatic heterocycles. The zero-order chi connectivity index (χ0) is 26.4. The summed E-state index contributed by atoms with van der Waals surface area (Å²) in [6.07, 6.45) is 16.7. The van der Waals surface area contributed by atoms with Crippen molar-refractivity contribution in [1.82, 2.24) is 0 Å². The third-order valence-corrected chi connectivity index (χ3v) is 11.8. The molecule has 1 aromatic rings. The molecular weight excluding hydrogens is 476 g/mol. The maximum atomic E-state index is 12.8. The molecule has 0 heterocycles. The van der Waals surface area contributed by atoms with Crippen LogP contribution in [0.3, 0.4) is 0 Å². The Morgan fingerprint density at radius 3 is 2.62 bits per heavy atom. The second kappa shape index (κ2) is 10.7. The van der Waals surface area contributed by atoms with E-state index < -0.39 is 0 Å². The van der Waals surface area contributed by atoms with Crippen molar-refractivity contribution in [2.45, 2.75) is 111 Å². The maximum absolute atomic E-state index is 12.8. The molecule has 0 bridgehead atoms. The molecule has 4 aliphatic rings. The molecule has 0 spiro atoms. The molecule has 5 rings (SSSR count). The van der Waals surface area contributed by atoms with Crippen LogP contribution in [0.5, 0.6) is 0 Å². The average Bonchev–Trinajstić information content (AvgIpc) is 3.21. The lowest BCUT2D eigenvalue weighted by molar-refractivity contribution is -0.0594. The van der Waals surface area contributed by atoms with E-state index >= 15 is 0 Å². The van der Waals surface area contributed by atoms with Gasteiger partial charge in [-0.05, 0) is 109 Å². The van der Waals surface area contributed by atoms with Gasteiger partial charge < -0.3 is 4.74 Å². The number of hydrogen-bond donors (Lipinski definition) is 0. The fourth-order valence-electron chi connectivity index (χ4n) is 9.59. The number of halogens is 1. The molecule has 8 atom stereocenters. The van der Waals surface area contributed by atoms with Gasteiger partial charge in [0.1, 0.15) is 6.10 Å². The first kappa shape index (κ1) is 27.3. The van der Waals surface area contributed by atoms with Gasteiger partial charge in [0.05, 0.1) is 5.56 Å². The van der Waals surface area contributed by atoms with Crippen molar-refractivity contribution in [1.29, 1.82) is 0 Å². The van der Waals surface area contributed by atoms with Gasteiger partial charge in [-0.1, -0.05) is 83.2 Å². The predicted octanol–water partition coefficient (Wildman–Crippen LogP) is 9.91. The van der Waals surface area contributed by atoms with Crippen LogP contribution in [0.4, 0.5) is 0 Å². The molecule has 1 aromatic carbocycles. The standard InChI is InChI=1S/C34H49ClO2/c1-22(2)8-6-9-23(3)29-14-15-30-28-13-12-25-21-27(37-32(36)24-10-7-11-26(35)20-24)16-18-33(25,4)31(28)17-19-34(29,30)5/h7,10-12,20,22-23,27-31H,6,8-9,13-19,21H2,1-5H3/t23-,27+,28-,29+,30+,31-,33+,34-/m1/s1. The highest BCUT2D eigenvalue weighted by Crippen LogP contribution is 2.67. The Morgan fingerprint density at radius 1 is 1.05 bits per heavy atom. The van der Waals surface area contributed by atoms with E-state index in [9.17, 15) is 4.79 Å². The molecule has 0 radical (unpaired) electrons. The molecule has 204 valence electrons. The normalized spacial score (nSPS) is 37.8. The summed E-state index contributed by atoms with van der Waals surface area (Å²) < 4.78 is 6.00. The van der Waals surface area contributed by atoms with E-state index in [4.69, 9.17) is 16.3 Å². The van der Waals surface area contributed by atoms with Crippen LogP contribution in [-0.4, -0.2) is 12.1 Å². The highest BCUT2D eigenvalue weighted by Gasteiger charge is 2.59. The summed E-state index contributed by atoms with van der Waals surface area (Å²) in [6.45, 7) is 12.5. The van der Waals surface area contributed by atoms with Gasteiger partial charge in [-0.25, -0.2) is 4.79 Å². The van der Waals surface area contributed by atoms with Crippen LogP contribution in [0, 0.1) is 46.3 Å². The summed E-state index contributed by atoms with van der Waals surface area (Å²) in [5, 5.41) is 0.579. The molecule has 0 unspecified atom stereocenters. The summed E-state index contributed by atoms with van der Waals surface area (Å²) in [5.41, 5.74) is 2.94. The van der Waals surface area contributed by atoms with Crippen molar-refractivity contribution in [3.05, 3.63) is 46.5 Å². The Labute approximate surface area is 231 Å². The largest absolute Gasteiger partial charge is 0.458 e. The minimum absolute atomic E-state index is 0.0150. The van der Waals surface area contributed by atoms with Crippen LogP contribution in [0.25, 0.3) is 0 Å². The third-order valence-electron chi connectivity index (χ3n) is 11.6. The molecule has 0 N–H and O–H groups in total. The van der Waals surface area contributed by atoms with Gasteiger partial charge >= 0.3 is 5.97 Å². The molecule has 37 heavy (non-hydrogen) atoms. The monoisotopic (exact) mass is 524 g/mol. The first-order valence-corrected chi connectivity index (χ1v) is 15.7. The Morgan fingerprint density at radius 2 is 1.86 bits per heavy atom. The minimum Gasteiger partial charge on any atom is -0.458 e. The van der Waals surface area contributed by atoms with E-state index in [0.717, 1.165) is 54.8 Å². The number of fused-ring (bicyclic) bond motifs is 5. The lowest BCUT2D eigenvalue weighted by atomic mass is 9.47. The highest BCUT2D eigenvalue weighted by atomic mass is 35.5. The number of benzene rings is 1. The highest BCUT2D eigenvalue weighted by molar-refractivity contribution is 6.30. The Kier molecular flexibility index (Phi) is 7.90. The fourth-order valence-corrected chi connectivity index (χ4v) is 9.78. The first-order chi connectivity index (χ1) is 17.6. The molecule has 0 amide bonds. The van der Waals surface area contributed by atoms with Crippen LogP contribution in [-0.2, 0) is 4.74 Å². The predicted molar refractivity (Wildman–Crippen MR) is 154 cm³/mol. The zero-order valence-corrected chi connectivity index (χ0v) is 24.7. The molecule has 0 aliphatic heterocycles. The van der Waals surface area contributed by atoms with Gasteiger partial charge in [0.2, 0.25) is 0 Å². The smallest absolute Gasteiger partial charge is 0.338 e. The van der Waals surface area contributed by atoms with E-state index in [2.05, 4.69) is 40.7 Å². The second-order valence-corrected chi connectivity index (χ2v) is 14.5. The van der Waals surface area contributed by atoms with Crippen LogP contribution < -0.4 is 0 Å². The SMILES string of the molecule is CC(C)CCC[C@@H](C)[C@@H]1CC[C@H]2[C@H]3CC=C4C[C@@H](OC(=O)c5cccc(Cl)c5)CC[C@]4(C)[C@@H]3CC[C@@]21C. The summed E-state index contributed by atoms with van der Waals surface area (Å²) in [5.74, 6) is 4.88. The third kappa shape index (κ3) is 5.18. The number of carbonyl (C=O) groups is 1. The van der Waals surface area contributed by atoms with Crippen molar-refractivity contribution in [2.24, 2.45) is 46.3 Å². The van der Waals surface area contributed by atoms with Crippen molar-refractivity contribution in [3.8, 4) is 0 Å². The van der Waals surface area contributed by atoms with E-state index in [-0.39, 0.29) is 17.5 Å². The number of hydrogen-bond acceptors (Lipinski definition) is 2. The summed E-state index contributed by atoms with van der Waals surface area (Å²) in [4.78, 5) is 12.8. The van der Waals surface area contributed by atoms with Crippen molar-refractivity contribution < 1.29 is 9.53 Å². The van der Waals surface area contributed by atoms with Crippen LogP contribution >= 0.6 is 11.6 Å². The van der Waals surface area contributed by atoms with Gasteiger partial charge in [0.15, 0.2) is 0 Å². The van der Waals surface area contributed by atoms with Gasteiger partial charge in [0, 0.05) is 11.4 Å². The molecular formula is C34H49ClO2.